The van der Waals surface area contributed by atoms with Gasteiger partial charge in [-0.05, 0) is 104 Å². The third kappa shape index (κ3) is 2.43. The minimum Gasteiger partial charge on any atom is -0.393 e. The molecule has 0 spiro atoms. The van der Waals surface area contributed by atoms with Crippen molar-refractivity contribution in [3.63, 3.8) is 0 Å². The Bertz CT molecular complexity index is 508. The van der Waals surface area contributed by atoms with Crippen LogP contribution in [0.15, 0.2) is 0 Å². The van der Waals surface area contributed by atoms with E-state index in [0.717, 1.165) is 41.9 Å². The number of rotatable bonds is 1. The zero-order chi connectivity index (χ0) is 17.2. The van der Waals surface area contributed by atoms with E-state index in [2.05, 4.69) is 13.8 Å². The highest BCUT2D eigenvalue weighted by molar-refractivity contribution is 5.09. The molecule has 8 atom stereocenters. The molecule has 142 valence electrons. The molecule has 1 nitrogen and oxygen atoms in total. The average molecular weight is 345 g/mol. The van der Waals surface area contributed by atoms with Crippen molar-refractivity contribution in [1.29, 1.82) is 0 Å². The monoisotopic (exact) mass is 344 g/mol. The molecule has 8 unspecified atom stereocenters. The summed E-state index contributed by atoms with van der Waals surface area (Å²) in [6.45, 7) is 5.13. The minimum atomic E-state index is -0.0120. The van der Waals surface area contributed by atoms with Gasteiger partial charge in [-0.1, -0.05) is 39.5 Å². The predicted molar refractivity (Wildman–Crippen MR) is 103 cm³/mol. The van der Waals surface area contributed by atoms with Gasteiger partial charge in [-0.15, -0.1) is 0 Å². The van der Waals surface area contributed by atoms with Crippen LogP contribution in [0.2, 0.25) is 0 Å². The molecule has 0 saturated heterocycles. The van der Waals surface area contributed by atoms with Crippen molar-refractivity contribution < 1.29 is 5.11 Å². The van der Waals surface area contributed by atoms with E-state index in [1.165, 1.54) is 57.8 Å². The van der Waals surface area contributed by atoms with Crippen LogP contribution >= 0.6 is 0 Å². The maximum absolute atomic E-state index is 10.6. The van der Waals surface area contributed by atoms with Crippen LogP contribution in [0.5, 0.6) is 0 Å². The normalized spacial score (nSPS) is 56.3. The van der Waals surface area contributed by atoms with Gasteiger partial charge in [-0.25, -0.2) is 0 Å². The predicted octanol–water partition coefficient (Wildman–Crippen LogP) is 6.20. The van der Waals surface area contributed by atoms with Gasteiger partial charge in [0.1, 0.15) is 0 Å². The van der Waals surface area contributed by atoms with Crippen LogP contribution in [0.1, 0.15) is 97.3 Å². The van der Waals surface area contributed by atoms with Gasteiger partial charge < -0.3 is 5.11 Å². The average Bonchev–Trinajstić information content (AvgIpc) is 3.23. The van der Waals surface area contributed by atoms with Crippen LogP contribution < -0.4 is 0 Å². The number of aliphatic hydroxyl groups is 1. The largest absolute Gasteiger partial charge is 0.393 e. The summed E-state index contributed by atoms with van der Waals surface area (Å²) in [5.41, 5.74) is 0.887. The van der Waals surface area contributed by atoms with Gasteiger partial charge in [0, 0.05) is 0 Å². The van der Waals surface area contributed by atoms with Crippen molar-refractivity contribution in [2.75, 3.05) is 0 Å². The molecule has 5 rings (SSSR count). The molecule has 5 saturated carbocycles. The van der Waals surface area contributed by atoms with Crippen LogP contribution in [-0.4, -0.2) is 11.2 Å². The Morgan fingerprint density at radius 2 is 1.40 bits per heavy atom. The summed E-state index contributed by atoms with van der Waals surface area (Å²) >= 11 is 0. The molecule has 0 aliphatic heterocycles. The highest BCUT2D eigenvalue weighted by Gasteiger charge is 2.60. The molecule has 0 amide bonds. The van der Waals surface area contributed by atoms with Crippen LogP contribution in [0.4, 0.5) is 0 Å². The number of hydrogen-bond donors (Lipinski definition) is 1. The van der Waals surface area contributed by atoms with Gasteiger partial charge in [-0.2, -0.15) is 0 Å². The van der Waals surface area contributed by atoms with Crippen LogP contribution in [0.3, 0.4) is 0 Å². The third-order valence-corrected chi connectivity index (χ3v) is 10.7. The van der Waals surface area contributed by atoms with E-state index in [9.17, 15) is 5.11 Å². The van der Waals surface area contributed by atoms with Crippen molar-refractivity contribution in [3.05, 3.63) is 0 Å². The van der Waals surface area contributed by atoms with Gasteiger partial charge in [0.2, 0.25) is 0 Å². The molecule has 0 bridgehead atoms. The molecular formula is C24H40O. The maximum Gasteiger partial charge on any atom is 0.0596 e. The fraction of sp³-hybridized carbons (Fsp3) is 1.00. The summed E-state index contributed by atoms with van der Waals surface area (Å²) in [6, 6.07) is 0. The lowest BCUT2D eigenvalue weighted by Crippen LogP contribution is -2.54. The van der Waals surface area contributed by atoms with Crippen molar-refractivity contribution in [3.8, 4) is 0 Å². The summed E-state index contributed by atoms with van der Waals surface area (Å²) in [5, 5.41) is 10.6. The molecule has 0 heterocycles. The fourth-order valence-corrected chi connectivity index (χ4v) is 9.12. The fourth-order valence-electron chi connectivity index (χ4n) is 9.12. The smallest absolute Gasteiger partial charge is 0.0596 e. The first-order valence-electron chi connectivity index (χ1n) is 11.7. The molecule has 0 aromatic heterocycles. The lowest BCUT2D eigenvalue weighted by atomic mass is 9.44. The molecule has 1 heteroatoms. The molecule has 25 heavy (non-hydrogen) atoms. The summed E-state index contributed by atoms with van der Waals surface area (Å²) in [5.74, 6) is 5.90. The number of hydrogen-bond acceptors (Lipinski definition) is 1. The summed E-state index contributed by atoms with van der Waals surface area (Å²) in [4.78, 5) is 0. The van der Waals surface area contributed by atoms with Gasteiger partial charge in [-0.3, -0.25) is 0 Å². The van der Waals surface area contributed by atoms with Crippen molar-refractivity contribution in [2.24, 2.45) is 46.3 Å². The second-order valence-corrected chi connectivity index (χ2v) is 11.4. The van der Waals surface area contributed by atoms with E-state index >= 15 is 0 Å². The molecule has 0 radical (unpaired) electrons. The Morgan fingerprint density at radius 3 is 2.20 bits per heavy atom. The SMILES string of the molecule is CC12CCC3C(CCC4CC(C5CCCC5)CCC43C)C1CCC2O. The standard InChI is InChI=1S/C24H40O/c1-23-13-11-17(16-5-3-4-6-16)15-18(23)7-8-19-20-9-10-22(25)24(20,2)14-12-21(19)23/h16-22,25H,3-15H2,1-2H3. The summed E-state index contributed by atoms with van der Waals surface area (Å²) in [7, 11) is 0. The van der Waals surface area contributed by atoms with E-state index in [0.29, 0.717) is 5.41 Å². The first-order valence-corrected chi connectivity index (χ1v) is 11.7. The van der Waals surface area contributed by atoms with Crippen LogP contribution in [0, 0.1) is 46.3 Å². The lowest BCUT2D eigenvalue weighted by Gasteiger charge is -2.61. The van der Waals surface area contributed by atoms with Crippen molar-refractivity contribution in [1.82, 2.24) is 0 Å². The van der Waals surface area contributed by atoms with E-state index in [1.807, 2.05) is 0 Å². The Hall–Kier alpha value is -0.0400. The summed E-state index contributed by atoms with van der Waals surface area (Å²) in [6.07, 6.45) is 18.8. The zero-order valence-electron chi connectivity index (χ0n) is 16.7. The van der Waals surface area contributed by atoms with E-state index in [1.54, 1.807) is 19.3 Å². The molecule has 0 aromatic carbocycles. The van der Waals surface area contributed by atoms with Crippen LogP contribution in [0.25, 0.3) is 0 Å². The summed E-state index contributed by atoms with van der Waals surface area (Å²) < 4.78 is 0. The number of fused-ring (bicyclic) bond motifs is 5. The minimum absolute atomic E-state index is 0.0120. The Morgan fingerprint density at radius 1 is 0.680 bits per heavy atom. The highest BCUT2D eigenvalue weighted by Crippen LogP contribution is 2.67. The van der Waals surface area contributed by atoms with Gasteiger partial charge in [0.15, 0.2) is 0 Å². The second kappa shape index (κ2) is 5.98. The van der Waals surface area contributed by atoms with Crippen molar-refractivity contribution >= 4 is 0 Å². The Labute approximate surface area is 155 Å². The van der Waals surface area contributed by atoms with Gasteiger partial charge in [0.05, 0.1) is 6.10 Å². The molecule has 5 aliphatic rings. The van der Waals surface area contributed by atoms with Gasteiger partial charge in [0.25, 0.3) is 0 Å². The molecular weight excluding hydrogens is 304 g/mol. The Kier molecular flexibility index (Phi) is 4.09. The molecule has 5 fully saturated rings. The van der Waals surface area contributed by atoms with Gasteiger partial charge >= 0.3 is 0 Å². The third-order valence-electron chi connectivity index (χ3n) is 10.7. The lowest BCUT2D eigenvalue weighted by molar-refractivity contribution is -0.129. The van der Waals surface area contributed by atoms with E-state index < -0.39 is 0 Å². The maximum atomic E-state index is 10.6. The topological polar surface area (TPSA) is 20.2 Å². The number of aliphatic hydroxyl groups excluding tert-OH is 1. The van der Waals surface area contributed by atoms with E-state index in [4.69, 9.17) is 0 Å². The zero-order valence-corrected chi connectivity index (χ0v) is 16.7. The highest BCUT2D eigenvalue weighted by atomic mass is 16.3. The van der Waals surface area contributed by atoms with Crippen LogP contribution in [-0.2, 0) is 0 Å². The molecule has 5 aliphatic carbocycles. The first kappa shape index (κ1) is 17.1. The second-order valence-electron chi connectivity index (χ2n) is 11.4. The van der Waals surface area contributed by atoms with E-state index in [-0.39, 0.29) is 11.5 Å². The first-order chi connectivity index (χ1) is 12.0. The van der Waals surface area contributed by atoms with Crippen molar-refractivity contribution in [2.45, 2.75) is 103 Å². The Balaban J connectivity index is 1.35. The molecule has 1 N–H and O–H groups in total. The quantitative estimate of drug-likeness (QED) is 0.600. The molecule has 0 aromatic rings.